The lowest BCUT2D eigenvalue weighted by atomic mass is 9.83. The third kappa shape index (κ3) is 12.8. The van der Waals surface area contributed by atoms with Gasteiger partial charge in [0.05, 0.1) is 11.8 Å². The molecule has 1 aromatic carbocycles. The predicted molar refractivity (Wildman–Crippen MR) is 220 cm³/mol. The molecule has 1 saturated heterocycles. The van der Waals surface area contributed by atoms with Crippen LogP contribution < -0.4 is 21.3 Å². The standard InChI is InChI=1S/C42H66F2N6O8S/c1-40(2,3)30(24-49(9)59(10,56)57)47-39(55)48-33(26-14-12-11-13-15-26)37(53)50-23-28-32(42(28,7)8)34(50)36(52)46-29(22-31(43)44)35(51)45-21-20-25-16-18-27(19-17-25)38(54)58-41(4,5)6/h16-19,26,28-34H,11-15,20-24H2,1-10H3,(H,45,51)(H,46,52)(H2,47,48,55)/t28-,29-,30+,32-,33-,34-/m0/s1. The number of ether oxygens (including phenoxy) is 1. The van der Waals surface area contributed by atoms with Gasteiger partial charge in [0.25, 0.3) is 0 Å². The van der Waals surface area contributed by atoms with Crippen molar-refractivity contribution in [2.24, 2.45) is 28.6 Å². The summed E-state index contributed by atoms with van der Waals surface area (Å²) in [5.74, 6) is -3.00. The van der Waals surface area contributed by atoms with Gasteiger partial charge in [-0.25, -0.2) is 31.1 Å². The smallest absolute Gasteiger partial charge is 0.338 e. The maximum Gasteiger partial charge on any atom is 0.338 e. The van der Waals surface area contributed by atoms with Crippen molar-refractivity contribution >= 4 is 39.7 Å². The quantitative estimate of drug-likeness (QED) is 0.176. The van der Waals surface area contributed by atoms with Crippen molar-refractivity contribution in [3.8, 4) is 0 Å². The normalized spacial score (nSPS) is 22.2. The van der Waals surface area contributed by atoms with Gasteiger partial charge in [0.15, 0.2) is 0 Å². The summed E-state index contributed by atoms with van der Waals surface area (Å²) in [5.41, 5.74) is -0.394. The highest BCUT2D eigenvalue weighted by Gasteiger charge is 2.69. The molecule has 1 heterocycles. The molecular formula is C42H66F2N6O8S. The SMILES string of the molecule is CN(C[C@@H](NC(=O)N[C@H](C(=O)N1C[C@H]2[C@@H]([C@H]1C(=O)N[C@@H](CC(F)F)C(=O)NCCc1ccc(C(=O)OC(C)(C)C)cc1)C2(C)C)C1CCCCC1)C(C)(C)C)S(C)(=O)=O. The number of likely N-dealkylation sites (tertiary alicyclic amines) is 1. The van der Waals surface area contributed by atoms with E-state index >= 15 is 0 Å². The summed E-state index contributed by atoms with van der Waals surface area (Å²) in [4.78, 5) is 69.7. The van der Waals surface area contributed by atoms with Crippen LogP contribution in [0.3, 0.4) is 0 Å². The van der Waals surface area contributed by atoms with E-state index in [1.807, 2.05) is 34.6 Å². The lowest BCUT2D eigenvalue weighted by Crippen LogP contribution is -2.62. The lowest BCUT2D eigenvalue weighted by Gasteiger charge is -2.38. The van der Waals surface area contributed by atoms with Crippen LogP contribution in [0.15, 0.2) is 24.3 Å². The predicted octanol–water partition coefficient (Wildman–Crippen LogP) is 4.48. The number of carbonyl (C=O) groups is 5. The van der Waals surface area contributed by atoms with Crippen molar-refractivity contribution < 1.29 is 45.9 Å². The molecule has 0 radical (unpaired) electrons. The molecule has 14 nitrogen and oxygen atoms in total. The fraction of sp³-hybridized carbons (Fsp3) is 0.738. The highest BCUT2D eigenvalue weighted by atomic mass is 32.2. The summed E-state index contributed by atoms with van der Waals surface area (Å²) in [7, 11) is -2.12. The number of nitrogens with one attached hydrogen (secondary N) is 4. The molecule has 0 aromatic heterocycles. The zero-order chi connectivity index (χ0) is 44.2. The fourth-order valence-corrected chi connectivity index (χ4v) is 8.79. The summed E-state index contributed by atoms with van der Waals surface area (Å²) in [6.07, 6.45) is 1.59. The number of urea groups is 1. The van der Waals surface area contributed by atoms with E-state index in [0.29, 0.717) is 24.8 Å². The van der Waals surface area contributed by atoms with Gasteiger partial charge in [0.2, 0.25) is 34.2 Å². The minimum atomic E-state index is -3.55. The number of likely N-dealkylation sites (N-methyl/N-ethyl adjacent to an activating group) is 1. The summed E-state index contributed by atoms with van der Waals surface area (Å²) in [6, 6.07) is 1.74. The van der Waals surface area contributed by atoms with E-state index in [4.69, 9.17) is 4.74 Å². The second kappa shape index (κ2) is 18.8. The van der Waals surface area contributed by atoms with Crippen LogP contribution in [-0.2, 0) is 35.6 Å². The number of amides is 5. The van der Waals surface area contributed by atoms with Crippen LogP contribution in [0, 0.1) is 28.6 Å². The molecule has 5 amide bonds. The van der Waals surface area contributed by atoms with Gasteiger partial charge in [-0.1, -0.05) is 66.0 Å². The molecule has 2 aliphatic carbocycles. The van der Waals surface area contributed by atoms with Gasteiger partial charge in [0.1, 0.15) is 23.7 Å². The molecule has 6 atom stereocenters. The van der Waals surface area contributed by atoms with E-state index in [1.54, 1.807) is 45.0 Å². The van der Waals surface area contributed by atoms with Crippen molar-refractivity contribution in [2.45, 2.75) is 137 Å². The van der Waals surface area contributed by atoms with Crippen LogP contribution in [0.1, 0.15) is 110 Å². The maximum atomic E-state index is 14.6. The number of carbonyl (C=O) groups excluding carboxylic acids is 5. The molecule has 2 saturated carbocycles. The number of sulfonamides is 1. The van der Waals surface area contributed by atoms with Crippen molar-refractivity contribution in [1.29, 1.82) is 0 Å². The molecule has 0 spiro atoms. The Morgan fingerprint density at radius 2 is 1.56 bits per heavy atom. The first-order chi connectivity index (χ1) is 27.2. The summed E-state index contributed by atoms with van der Waals surface area (Å²) < 4.78 is 58.8. The molecule has 4 N–H and O–H groups in total. The topological polar surface area (TPSA) is 183 Å². The third-order valence-electron chi connectivity index (χ3n) is 12.1. The average Bonchev–Trinajstić information content (AvgIpc) is 3.42. The number of fused-ring (bicyclic) bond motifs is 1. The first-order valence-electron chi connectivity index (χ1n) is 20.7. The molecular weight excluding hydrogens is 787 g/mol. The van der Waals surface area contributed by atoms with Gasteiger partial charge in [-0.15, -0.1) is 0 Å². The van der Waals surface area contributed by atoms with Crippen LogP contribution in [0.5, 0.6) is 0 Å². The number of alkyl halides is 2. The first kappa shape index (κ1) is 47.8. The molecule has 3 fully saturated rings. The van der Waals surface area contributed by atoms with Crippen molar-refractivity contribution in [3.05, 3.63) is 35.4 Å². The van der Waals surface area contributed by atoms with Crippen LogP contribution in [0.25, 0.3) is 0 Å². The van der Waals surface area contributed by atoms with Crippen LogP contribution in [0.2, 0.25) is 0 Å². The number of halogens is 2. The van der Waals surface area contributed by atoms with Crippen molar-refractivity contribution in [1.82, 2.24) is 30.5 Å². The molecule has 1 aliphatic heterocycles. The second-order valence-electron chi connectivity index (χ2n) is 19.3. The number of esters is 1. The van der Waals surface area contributed by atoms with E-state index in [-0.39, 0.29) is 42.8 Å². The Hall–Kier alpha value is -3.86. The number of benzene rings is 1. The van der Waals surface area contributed by atoms with E-state index < -0.39 is 87.8 Å². The Bertz CT molecular complexity index is 1790. The van der Waals surface area contributed by atoms with E-state index in [0.717, 1.165) is 35.4 Å². The van der Waals surface area contributed by atoms with Crippen LogP contribution >= 0.6 is 0 Å². The Balaban J connectivity index is 1.48. The van der Waals surface area contributed by atoms with Gasteiger partial charge in [-0.3, -0.25) is 14.4 Å². The van der Waals surface area contributed by atoms with E-state index in [2.05, 4.69) is 21.3 Å². The highest BCUT2D eigenvalue weighted by molar-refractivity contribution is 7.88. The maximum absolute atomic E-state index is 14.6. The Kier molecular flexibility index (Phi) is 15.2. The number of piperidine rings is 1. The number of hydrogen-bond donors (Lipinski definition) is 4. The number of nitrogens with zero attached hydrogens (tertiary/aromatic N) is 2. The Morgan fingerprint density at radius 3 is 2.10 bits per heavy atom. The van der Waals surface area contributed by atoms with E-state index in [1.165, 1.54) is 11.9 Å². The lowest BCUT2D eigenvalue weighted by molar-refractivity contribution is -0.144. The number of rotatable bonds is 16. The Morgan fingerprint density at radius 1 is 0.949 bits per heavy atom. The largest absolute Gasteiger partial charge is 0.456 e. The summed E-state index contributed by atoms with van der Waals surface area (Å²) >= 11 is 0. The van der Waals surface area contributed by atoms with Gasteiger partial charge >= 0.3 is 12.0 Å². The van der Waals surface area contributed by atoms with Gasteiger partial charge in [0, 0.05) is 39.1 Å². The second-order valence-corrected chi connectivity index (χ2v) is 21.4. The zero-order valence-corrected chi connectivity index (χ0v) is 37.1. The minimum absolute atomic E-state index is 0.000908. The Labute approximate surface area is 348 Å². The molecule has 17 heteroatoms. The average molecular weight is 853 g/mol. The van der Waals surface area contributed by atoms with Gasteiger partial charge in [-0.05, 0) is 86.3 Å². The van der Waals surface area contributed by atoms with E-state index in [9.17, 15) is 41.2 Å². The van der Waals surface area contributed by atoms with Crippen LogP contribution in [0.4, 0.5) is 13.6 Å². The monoisotopic (exact) mass is 852 g/mol. The highest BCUT2D eigenvalue weighted by Crippen LogP contribution is 2.65. The molecule has 0 unspecified atom stereocenters. The van der Waals surface area contributed by atoms with Crippen molar-refractivity contribution in [2.75, 3.05) is 32.9 Å². The first-order valence-corrected chi connectivity index (χ1v) is 22.5. The molecule has 0 bridgehead atoms. The number of hydrogen-bond acceptors (Lipinski definition) is 8. The van der Waals surface area contributed by atoms with Crippen molar-refractivity contribution in [3.63, 3.8) is 0 Å². The molecule has 1 aromatic rings. The third-order valence-corrected chi connectivity index (χ3v) is 13.4. The molecule has 332 valence electrons. The van der Waals surface area contributed by atoms with Gasteiger partial charge in [-0.2, -0.15) is 0 Å². The zero-order valence-electron chi connectivity index (χ0n) is 36.3. The van der Waals surface area contributed by atoms with Gasteiger partial charge < -0.3 is 30.9 Å². The molecule has 4 rings (SSSR count). The summed E-state index contributed by atoms with van der Waals surface area (Å²) in [5, 5.41) is 11.0. The summed E-state index contributed by atoms with van der Waals surface area (Å²) in [6.45, 7) is 15.2. The fourth-order valence-electron chi connectivity index (χ4n) is 8.37. The minimum Gasteiger partial charge on any atom is -0.456 e. The van der Waals surface area contributed by atoms with Crippen LogP contribution in [-0.4, -0.2) is 116 Å². The molecule has 59 heavy (non-hydrogen) atoms. The molecule has 3 aliphatic rings.